The van der Waals surface area contributed by atoms with Crippen molar-refractivity contribution in [3.8, 4) is 0 Å². The van der Waals surface area contributed by atoms with Gasteiger partial charge in [-0.05, 0) is 75.0 Å². The molecule has 0 heterocycles. The summed E-state index contributed by atoms with van der Waals surface area (Å²) in [6.45, 7) is 16.4. The highest BCUT2D eigenvalue weighted by Crippen LogP contribution is 2.53. The summed E-state index contributed by atoms with van der Waals surface area (Å²) in [4.78, 5) is 25.3. The third kappa shape index (κ3) is 7.20. The van der Waals surface area contributed by atoms with Crippen molar-refractivity contribution in [3.63, 3.8) is 0 Å². The first kappa shape index (κ1) is 27.7. The molecule has 0 aromatic carbocycles. The van der Waals surface area contributed by atoms with Crippen molar-refractivity contribution in [2.45, 2.75) is 122 Å². The molecular formula is C29H48O4. The number of carbonyl (C=O) groups excluding carboxylic acids is 2. The fourth-order valence-corrected chi connectivity index (χ4v) is 6.49. The lowest BCUT2D eigenvalue weighted by Gasteiger charge is -2.53. The Morgan fingerprint density at radius 1 is 0.818 bits per heavy atom. The van der Waals surface area contributed by atoms with Gasteiger partial charge in [0.2, 0.25) is 0 Å². The van der Waals surface area contributed by atoms with Crippen LogP contribution in [-0.2, 0) is 19.1 Å². The molecule has 0 aromatic rings. The maximum absolute atomic E-state index is 12.7. The highest BCUT2D eigenvalue weighted by atomic mass is 16.6. The zero-order chi connectivity index (χ0) is 24.5. The number of hydrogen-bond acceptors (Lipinski definition) is 4. The van der Waals surface area contributed by atoms with Crippen LogP contribution < -0.4 is 0 Å². The van der Waals surface area contributed by atoms with Crippen LogP contribution in [0.2, 0.25) is 0 Å². The van der Waals surface area contributed by atoms with E-state index in [0.29, 0.717) is 18.3 Å². The van der Waals surface area contributed by atoms with Crippen molar-refractivity contribution in [3.05, 3.63) is 25.3 Å². The third-order valence-corrected chi connectivity index (χ3v) is 8.33. The van der Waals surface area contributed by atoms with Crippen LogP contribution in [0.5, 0.6) is 0 Å². The standard InChI is InChI=1S/C29H48O4/c1-7-11-13-24-19-22(5)15-17-28(24,32-26(30)9-3)21-29(33-27(31)10-4)18-16-23(6)20-25(29)14-12-8-2/h9-10,22-25H,3-4,7-8,11-21H2,1-2,5-6H3. The molecule has 188 valence electrons. The van der Waals surface area contributed by atoms with E-state index < -0.39 is 11.2 Å². The summed E-state index contributed by atoms with van der Waals surface area (Å²) in [5.74, 6) is 1.05. The largest absolute Gasteiger partial charge is 0.455 e. The first-order valence-electron chi connectivity index (χ1n) is 13.4. The normalized spacial score (nSPS) is 34.3. The maximum atomic E-state index is 12.7. The summed E-state index contributed by atoms with van der Waals surface area (Å²) >= 11 is 0. The Morgan fingerprint density at radius 3 is 1.55 bits per heavy atom. The van der Waals surface area contributed by atoms with Crippen LogP contribution in [0.4, 0.5) is 0 Å². The van der Waals surface area contributed by atoms with Gasteiger partial charge in [-0.15, -0.1) is 0 Å². The second-order valence-electron chi connectivity index (χ2n) is 11.0. The molecule has 2 aliphatic carbocycles. The summed E-state index contributed by atoms with van der Waals surface area (Å²) < 4.78 is 12.7. The van der Waals surface area contributed by atoms with Crippen LogP contribution in [0.3, 0.4) is 0 Å². The predicted molar refractivity (Wildman–Crippen MR) is 135 cm³/mol. The first-order chi connectivity index (χ1) is 15.7. The van der Waals surface area contributed by atoms with E-state index in [2.05, 4.69) is 40.9 Å². The molecule has 33 heavy (non-hydrogen) atoms. The zero-order valence-corrected chi connectivity index (χ0v) is 21.7. The number of ether oxygens (including phenoxy) is 2. The molecule has 4 nitrogen and oxygen atoms in total. The van der Waals surface area contributed by atoms with E-state index in [9.17, 15) is 9.59 Å². The molecule has 0 spiro atoms. The van der Waals surface area contributed by atoms with Crippen LogP contribution in [0.15, 0.2) is 25.3 Å². The summed E-state index contributed by atoms with van der Waals surface area (Å²) in [5, 5.41) is 0. The molecule has 4 heteroatoms. The maximum Gasteiger partial charge on any atom is 0.330 e. The van der Waals surface area contributed by atoms with Gasteiger partial charge in [-0.25, -0.2) is 9.59 Å². The lowest BCUT2D eigenvalue weighted by Crippen LogP contribution is -2.56. The lowest BCUT2D eigenvalue weighted by atomic mass is 9.60. The summed E-state index contributed by atoms with van der Waals surface area (Å²) in [6, 6.07) is 0. The SMILES string of the molecule is C=CC(=O)OC1(CC2(OC(=O)C=C)CCC(C)CC2CCCC)CCC(C)CC1CCCC. The van der Waals surface area contributed by atoms with Crippen molar-refractivity contribution >= 4 is 11.9 Å². The highest BCUT2D eigenvalue weighted by Gasteiger charge is 2.55. The van der Waals surface area contributed by atoms with Gasteiger partial charge in [-0.3, -0.25) is 0 Å². The summed E-state index contributed by atoms with van der Waals surface area (Å²) in [7, 11) is 0. The lowest BCUT2D eigenvalue weighted by molar-refractivity contribution is -0.202. The summed E-state index contributed by atoms with van der Waals surface area (Å²) in [6.07, 6.45) is 15.5. The molecule has 0 saturated heterocycles. The van der Waals surface area contributed by atoms with E-state index >= 15 is 0 Å². The molecule has 0 aromatic heterocycles. The van der Waals surface area contributed by atoms with Crippen LogP contribution in [0.25, 0.3) is 0 Å². The minimum Gasteiger partial charge on any atom is -0.455 e. The number of rotatable bonds is 12. The average Bonchev–Trinajstić information content (AvgIpc) is 2.80. The molecule has 0 N–H and O–H groups in total. The Bertz CT molecular complexity index is 615. The summed E-state index contributed by atoms with van der Waals surface area (Å²) in [5.41, 5.74) is -1.22. The molecule has 2 rings (SSSR count). The molecule has 2 saturated carbocycles. The van der Waals surface area contributed by atoms with E-state index in [1.165, 1.54) is 12.2 Å². The van der Waals surface area contributed by atoms with Gasteiger partial charge in [-0.1, -0.05) is 66.5 Å². The number of esters is 2. The Balaban J connectivity index is 2.52. The van der Waals surface area contributed by atoms with Gasteiger partial charge in [0.05, 0.1) is 0 Å². The molecule has 2 aliphatic rings. The van der Waals surface area contributed by atoms with Gasteiger partial charge in [0.1, 0.15) is 11.2 Å². The van der Waals surface area contributed by atoms with Gasteiger partial charge in [-0.2, -0.15) is 0 Å². The van der Waals surface area contributed by atoms with Crippen molar-refractivity contribution in [2.24, 2.45) is 23.7 Å². The second kappa shape index (κ2) is 12.8. The molecule has 6 atom stereocenters. The van der Waals surface area contributed by atoms with Crippen molar-refractivity contribution < 1.29 is 19.1 Å². The molecule has 0 aliphatic heterocycles. The van der Waals surface area contributed by atoms with Crippen LogP contribution in [0, 0.1) is 23.7 Å². The zero-order valence-electron chi connectivity index (χ0n) is 21.7. The molecular weight excluding hydrogens is 412 g/mol. The third-order valence-electron chi connectivity index (χ3n) is 8.33. The Kier molecular flexibility index (Phi) is 10.7. The molecule has 0 radical (unpaired) electrons. The Morgan fingerprint density at radius 2 is 1.21 bits per heavy atom. The number of hydrogen-bond donors (Lipinski definition) is 0. The smallest absolute Gasteiger partial charge is 0.330 e. The van der Waals surface area contributed by atoms with Crippen LogP contribution in [-0.4, -0.2) is 23.1 Å². The molecule has 0 bridgehead atoms. The van der Waals surface area contributed by atoms with Crippen LogP contribution >= 0.6 is 0 Å². The van der Waals surface area contributed by atoms with E-state index in [1.54, 1.807) is 0 Å². The monoisotopic (exact) mass is 460 g/mol. The predicted octanol–water partition coefficient (Wildman–Crippen LogP) is 7.57. The number of unbranched alkanes of at least 4 members (excludes halogenated alkanes) is 2. The topological polar surface area (TPSA) is 52.6 Å². The van der Waals surface area contributed by atoms with Gasteiger partial charge in [0, 0.05) is 18.6 Å². The highest BCUT2D eigenvalue weighted by molar-refractivity contribution is 5.82. The van der Waals surface area contributed by atoms with Gasteiger partial charge >= 0.3 is 11.9 Å². The van der Waals surface area contributed by atoms with Crippen LogP contribution in [0.1, 0.15) is 111 Å². The van der Waals surface area contributed by atoms with Gasteiger partial charge in [0.15, 0.2) is 0 Å². The molecule has 0 amide bonds. The Labute approximate surface area is 202 Å². The fraction of sp³-hybridized carbons (Fsp3) is 0.793. The minimum absolute atomic E-state index is 0.274. The van der Waals surface area contributed by atoms with E-state index in [0.717, 1.165) is 77.0 Å². The molecule has 6 unspecified atom stereocenters. The van der Waals surface area contributed by atoms with Gasteiger partial charge < -0.3 is 9.47 Å². The average molecular weight is 461 g/mol. The quantitative estimate of drug-likeness (QED) is 0.223. The van der Waals surface area contributed by atoms with E-state index in [-0.39, 0.29) is 23.8 Å². The van der Waals surface area contributed by atoms with E-state index in [1.807, 2.05) is 0 Å². The fourth-order valence-electron chi connectivity index (χ4n) is 6.49. The second-order valence-corrected chi connectivity index (χ2v) is 11.0. The first-order valence-corrected chi connectivity index (χ1v) is 13.4. The van der Waals surface area contributed by atoms with Crippen molar-refractivity contribution in [1.82, 2.24) is 0 Å². The van der Waals surface area contributed by atoms with E-state index in [4.69, 9.17) is 9.47 Å². The van der Waals surface area contributed by atoms with Gasteiger partial charge in [0.25, 0.3) is 0 Å². The Hall–Kier alpha value is -1.58. The number of carbonyl (C=O) groups is 2. The minimum atomic E-state index is -0.612. The molecule has 2 fully saturated rings. The van der Waals surface area contributed by atoms with Crippen molar-refractivity contribution in [1.29, 1.82) is 0 Å². The van der Waals surface area contributed by atoms with Crippen molar-refractivity contribution in [2.75, 3.05) is 0 Å².